The Morgan fingerprint density at radius 3 is 2.93 bits per heavy atom. The van der Waals surface area contributed by atoms with Crippen molar-refractivity contribution in [1.82, 2.24) is 10.1 Å². The molecule has 0 saturated heterocycles. The topological polar surface area (TPSA) is 48.2 Å². The fourth-order valence-electron chi connectivity index (χ4n) is 1.09. The van der Waals surface area contributed by atoms with E-state index in [0.29, 0.717) is 11.8 Å². The van der Waals surface area contributed by atoms with E-state index in [4.69, 9.17) is 20.9 Å². The summed E-state index contributed by atoms with van der Waals surface area (Å²) in [5, 5.41) is 3.86. The highest BCUT2D eigenvalue weighted by Gasteiger charge is 2.04. The lowest BCUT2D eigenvalue weighted by molar-refractivity contribution is 0.194. The fourth-order valence-corrected chi connectivity index (χ4v) is 1.22. The van der Waals surface area contributed by atoms with Gasteiger partial charge in [-0.15, -0.1) is 11.6 Å². The van der Waals surface area contributed by atoms with Crippen molar-refractivity contribution in [3.63, 3.8) is 0 Å². The average Bonchev–Trinajstić information content (AvgIpc) is 2.63. The van der Waals surface area contributed by atoms with Gasteiger partial charge in [-0.1, -0.05) is 5.16 Å². The van der Waals surface area contributed by atoms with Gasteiger partial charge in [0.2, 0.25) is 5.89 Å². The van der Waals surface area contributed by atoms with Gasteiger partial charge >= 0.3 is 0 Å². The summed E-state index contributed by atoms with van der Waals surface area (Å²) in [6, 6.07) is 0. The number of rotatable bonds is 7. The molecular weight excluding hydrogens is 204 g/mol. The first kappa shape index (κ1) is 11.5. The molecule has 0 atom stereocenters. The predicted molar refractivity (Wildman–Crippen MR) is 53.5 cm³/mol. The summed E-state index contributed by atoms with van der Waals surface area (Å²) < 4.78 is 9.97. The van der Waals surface area contributed by atoms with E-state index in [1.54, 1.807) is 7.11 Å². The summed E-state index contributed by atoms with van der Waals surface area (Å²) in [6.45, 7) is 0.728. The molecule has 0 aromatic carbocycles. The minimum Gasteiger partial charge on any atom is -0.385 e. The number of alkyl halides is 1. The molecule has 0 spiro atoms. The quantitative estimate of drug-likeness (QED) is 0.518. The van der Waals surface area contributed by atoms with E-state index in [9.17, 15) is 0 Å². The van der Waals surface area contributed by atoms with E-state index in [1.807, 2.05) is 0 Å². The van der Waals surface area contributed by atoms with Gasteiger partial charge in [-0.05, 0) is 12.8 Å². The third kappa shape index (κ3) is 4.07. The zero-order chi connectivity index (χ0) is 10.2. The molecule has 1 aromatic heterocycles. The van der Waals surface area contributed by atoms with Crippen LogP contribution in [0.4, 0.5) is 0 Å². The van der Waals surface area contributed by atoms with Crippen LogP contribution < -0.4 is 0 Å². The van der Waals surface area contributed by atoms with Crippen molar-refractivity contribution in [3.05, 3.63) is 11.7 Å². The van der Waals surface area contributed by atoms with Gasteiger partial charge in [0.25, 0.3) is 0 Å². The van der Waals surface area contributed by atoms with Crippen molar-refractivity contribution in [3.8, 4) is 0 Å². The molecule has 0 amide bonds. The number of hydrogen-bond acceptors (Lipinski definition) is 4. The third-order valence-electron chi connectivity index (χ3n) is 1.78. The second kappa shape index (κ2) is 6.79. The molecule has 4 nitrogen and oxygen atoms in total. The summed E-state index contributed by atoms with van der Waals surface area (Å²) >= 11 is 5.55. The minimum atomic E-state index is 0.626. The van der Waals surface area contributed by atoms with E-state index >= 15 is 0 Å². The molecule has 0 aliphatic rings. The number of halogens is 1. The molecule has 1 aromatic rings. The lowest BCUT2D eigenvalue weighted by atomic mass is 10.3. The van der Waals surface area contributed by atoms with E-state index in [0.717, 1.165) is 38.1 Å². The Bertz CT molecular complexity index is 253. The Hall–Kier alpha value is -0.610. The highest BCUT2D eigenvalue weighted by molar-refractivity contribution is 6.17. The maximum Gasteiger partial charge on any atom is 0.226 e. The van der Waals surface area contributed by atoms with Gasteiger partial charge in [0, 0.05) is 32.4 Å². The summed E-state index contributed by atoms with van der Waals surface area (Å²) in [7, 11) is 1.68. The highest BCUT2D eigenvalue weighted by atomic mass is 35.5. The number of ether oxygens (including phenoxy) is 1. The number of hydrogen-bond donors (Lipinski definition) is 0. The standard InChI is InChI=1S/C9H15ClN2O2/c1-13-7-3-4-8-11-9(14-12-8)5-2-6-10/h2-7H2,1H3. The van der Waals surface area contributed by atoms with Crippen LogP contribution in [-0.2, 0) is 17.6 Å². The second-order valence-electron chi connectivity index (χ2n) is 2.99. The highest BCUT2D eigenvalue weighted by Crippen LogP contribution is 2.03. The van der Waals surface area contributed by atoms with Crippen LogP contribution in [0.15, 0.2) is 4.52 Å². The van der Waals surface area contributed by atoms with Crippen LogP contribution in [0, 0.1) is 0 Å². The first-order valence-corrected chi connectivity index (χ1v) is 5.26. The number of nitrogens with zero attached hydrogens (tertiary/aromatic N) is 2. The minimum absolute atomic E-state index is 0.626. The molecule has 0 radical (unpaired) electrons. The van der Waals surface area contributed by atoms with E-state index in [2.05, 4.69) is 10.1 Å². The molecule has 0 N–H and O–H groups in total. The van der Waals surface area contributed by atoms with Crippen LogP contribution in [0.3, 0.4) is 0 Å². The van der Waals surface area contributed by atoms with E-state index in [-0.39, 0.29) is 0 Å². The molecule has 0 saturated carbocycles. The first-order chi connectivity index (χ1) is 6.86. The predicted octanol–water partition coefficient (Wildman–Crippen LogP) is 1.82. The second-order valence-corrected chi connectivity index (χ2v) is 3.37. The molecule has 0 unspecified atom stereocenters. The fraction of sp³-hybridized carbons (Fsp3) is 0.778. The van der Waals surface area contributed by atoms with Crippen LogP contribution in [0.25, 0.3) is 0 Å². The van der Waals surface area contributed by atoms with Crippen LogP contribution in [0.5, 0.6) is 0 Å². The molecular formula is C9H15ClN2O2. The van der Waals surface area contributed by atoms with Gasteiger partial charge in [0.05, 0.1) is 0 Å². The third-order valence-corrected chi connectivity index (χ3v) is 2.05. The zero-order valence-corrected chi connectivity index (χ0v) is 9.09. The smallest absolute Gasteiger partial charge is 0.226 e. The summed E-state index contributed by atoms with van der Waals surface area (Å²) in [5.41, 5.74) is 0. The molecule has 1 rings (SSSR count). The maximum atomic E-state index is 5.55. The summed E-state index contributed by atoms with van der Waals surface area (Å²) in [5.74, 6) is 2.06. The molecule has 0 aliphatic carbocycles. The van der Waals surface area contributed by atoms with Crippen molar-refractivity contribution in [2.24, 2.45) is 0 Å². The van der Waals surface area contributed by atoms with Gasteiger partial charge in [-0.25, -0.2) is 0 Å². The Morgan fingerprint density at radius 2 is 2.21 bits per heavy atom. The number of aromatic nitrogens is 2. The van der Waals surface area contributed by atoms with Crippen molar-refractivity contribution < 1.29 is 9.26 Å². The SMILES string of the molecule is COCCCc1noc(CCCCl)n1. The van der Waals surface area contributed by atoms with Crippen LogP contribution in [0.1, 0.15) is 24.6 Å². The first-order valence-electron chi connectivity index (χ1n) is 4.73. The molecule has 80 valence electrons. The van der Waals surface area contributed by atoms with Crippen molar-refractivity contribution in [1.29, 1.82) is 0 Å². The van der Waals surface area contributed by atoms with Gasteiger partial charge in [0.15, 0.2) is 5.82 Å². The zero-order valence-electron chi connectivity index (χ0n) is 8.33. The Kier molecular flexibility index (Phi) is 5.56. The molecule has 5 heteroatoms. The Balaban J connectivity index is 2.27. The molecule has 14 heavy (non-hydrogen) atoms. The van der Waals surface area contributed by atoms with E-state index in [1.165, 1.54) is 0 Å². The van der Waals surface area contributed by atoms with E-state index < -0.39 is 0 Å². The average molecular weight is 219 g/mol. The molecule has 0 bridgehead atoms. The normalized spacial score (nSPS) is 10.7. The largest absolute Gasteiger partial charge is 0.385 e. The molecule has 0 fully saturated rings. The van der Waals surface area contributed by atoms with Gasteiger partial charge in [-0.2, -0.15) is 4.98 Å². The Morgan fingerprint density at radius 1 is 1.36 bits per heavy atom. The van der Waals surface area contributed by atoms with Crippen molar-refractivity contribution >= 4 is 11.6 Å². The van der Waals surface area contributed by atoms with Gasteiger partial charge < -0.3 is 9.26 Å². The summed E-state index contributed by atoms with van der Waals surface area (Å²) in [4.78, 5) is 4.23. The lowest BCUT2D eigenvalue weighted by Crippen LogP contribution is -1.94. The monoisotopic (exact) mass is 218 g/mol. The van der Waals surface area contributed by atoms with Crippen LogP contribution in [-0.4, -0.2) is 29.7 Å². The lowest BCUT2D eigenvalue weighted by Gasteiger charge is -1.93. The molecule has 1 heterocycles. The van der Waals surface area contributed by atoms with Crippen molar-refractivity contribution in [2.45, 2.75) is 25.7 Å². The van der Waals surface area contributed by atoms with Crippen LogP contribution in [0.2, 0.25) is 0 Å². The molecule has 0 aliphatic heterocycles. The van der Waals surface area contributed by atoms with Crippen molar-refractivity contribution in [2.75, 3.05) is 19.6 Å². The number of aryl methyl sites for hydroxylation is 2. The van der Waals surface area contributed by atoms with Gasteiger partial charge in [-0.3, -0.25) is 0 Å². The number of methoxy groups -OCH3 is 1. The van der Waals surface area contributed by atoms with Crippen LogP contribution >= 0.6 is 11.6 Å². The summed E-state index contributed by atoms with van der Waals surface area (Å²) in [6.07, 6.45) is 3.37. The Labute approximate surface area is 88.6 Å². The van der Waals surface area contributed by atoms with Gasteiger partial charge in [0.1, 0.15) is 0 Å². The maximum absolute atomic E-state index is 5.55.